The molecule has 0 spiro atoms. The van der Waals surface area contributed by atoms with Gasteiger partial charge in [-0.3, -0.25) is 9.69 Å². The van der Waals surface area contributed by atoms with Crippen LogP contribution < -0.4 is 0 Å². The molecule has 1 atom stereocenters. The Morgan fingerprint density at radius 2 is 2.00 bits per heavy atom. The molecule has 1 rings (SSSR count). The van der Waals surface area contributed by atoms with Crippen LogP contribution in [0.5, 0.6) is 0 Å². The molecule has 1 unspecified atom stereocenters. The number of carbonyl (C=O) groups is 1. The van der Waals surface area contributed by atoms with Gasteiger partial charge in [0.1, 0.15) is 0 Å². The lowest BCUT2D eigenvalue weighted by Crippen LogP contribution is -2.43. The fraction of sp³-hybridized carbons (Fsp3) is 0.857. The first-order chi connectivity index (χ1) is 5.46. The predicted octanol–water partition coefficient (Wildman–Crippen LogP) is 0.115. The molecule has 0 saturated carbocycles. The Balaban J connectivity index is 2.56. The lowest BCUT2D eigenvalue weighted by molar-refractivity contribution is -0.161. The summed E-state index contributed by atoms with van der Waals surface area (Å²) < 4.78 is 4.98. The van der Waals surface area contributed by atoms with Gasteiger partial charge in [0, 0.05) is 13.8 Å². The first-order valence-corrected chi connectivity index (χ1v) is 3.66. The second kappa shape index (κ2) is 3.01. The number of hydrogen-bond acceptors (Lipinski definition) is 5. The smallest absolute Gasteiger partial charge is 0.304 e. The van der Waals surface area contributed by atoms with Crippen molar-refractivity contribution in [3.63, 3.8) is 0 Å². The molecule has 0 radical (unpaired) electrons. The highest BCUT2D eigenvalue weighted by Gasteiger charge is 2.54. The van der Waals surface area contributed by atoms with E-state index in [4.69, 9.17) is 14.5 Å². The molecule has 1 saturated heterocycles. The second-order valence-electron chi connectivity index (χ2n) is 3.11. The van der Waals surface area contributed by atoms with Crippen LogP contribution in [0.3, 0.4) is 0 Å². The minimum absolute atomic E-state index is 0.353. The van der Waals surface area contributed by atoms with E-state index in [2.05, 4.69) is 0 Å². The molecule has 5 nitrogen and oxygen atoms in total. The van der Waals surface area contributed by atoms with Gasteiger partial charge in [-0.2, -0.15) is 9.78 Å². The Hall–Kier alpha value is -0.650. The van der Waals surface area contributed by atoms with Crippen molar-refractivity contribution in [2.45, 2.75) is 25.9 Å². The van der Waals surface area contributed by atoms with Crippen LogP contribution in [0, 0.1) is 0 Å². The predicted molar refractivity (Wildman–Crippen MR) is 39.8 cm³/mol. The van der Waals surface area contributed by atoms with Crippen LogP contribution in [0.15, 0.2) is 0 Å². The molecule has 12 heavy (non-hydrogen) atoms. The molecule has 5 heteroatoms. The van der Waals surface area contributed by atoms with E-state index in [-0.39, 0.29) is 5.97 Å². The van der Waals surface area contributed by atoms with Gasteiger partial charge in [0.25, 0.3) is 5.79 Å². The van der Waals surface area contributed by atoms with Crippen LogP contribution in [0.25, 0.3) is 0 Å². The summed E-state index contributed by atoms with van der Waals surface area (Å²) in [5.41, 5.74) is 0. The minimum Gasteiger partial charge on any atom is -0.440 e. The maximum atomic E-state index is 10.7. The van der Waals surface area contributed by atoms with Gasteiger partial charge >= 0.3 is 5.97 Å². The molecule has 1 fully saturated rings. The molecule has 1 aliphatic heterocycles. The zero-order valence-electron chi connectivity index (χ0n) is 7.66. The van der Waals surface area contributed by atoms with Crippen molar-refractivity contribution in [2.24, 2.45) is 0 Å². The lowest BCUT2D eigenvalue weighted by atomic mass is 10.3. The monoisotopic (exact) mass is 175 g/mol. The summed E-state index contributed by atoms with van der Waals surface area (Å²) in [5.74, 6) is -1.15. The molecule has 1 heterocycles. The fourth-order valence-electron chi connectivity index (χ4n) is 0.987. The third kappa shape index (κ3) is 1.94. The lowest BCUT2D eigenvalue weighted by Gasteiger charge is -2.23. The summed E-state index contributed by atoms with van der Waals surface area (Å²) in [6.45, 7) is 3.06. The average Bonchev–Trinajstić information content (AvgIpc) is 2.63. The van der Waals surface area contributed by atoms with E-state index in [1.54, 1.807) is 25.9 Å². The SMILES string of the molecule is CC(=O)OC(N(C)C)C1(C)OO1. The Bertz CT molecular complexity index is 188. The Kier molecular flexibility index (Phi) is 2.36. The van der Waals surface area contributed by atoms with Gasteiger partial charge in [-0.1, -0.05) is 0 Å². The van der Waals surface area contributed by atoms with Crippen LogP contribution in [-0.4, -0.2) is 37.0 Å². The van der Waals surface area contributed by atoms with Crippen molar-refractivity contribution in [1.82, 2.24) is 4.90 Å². The summed E-state index contributed by atoms with van der Waals surface area (Å²) >= 11 is 0. The summed E-state index contributed by atoms with van der Waals surface area (Å²) in [4.78, 5) is 21.8. The number of nitrogens with zero attached hydrogens (tertiary/aromatic N) is 1. The highest BCUT2D eigenvalue weighted by molar-refractivity contribution is 5.66. The molecule has 0 aromatic heterocycles. The Morgan fingerprint density at radius 1 is 1.50 bits per heavy atom. The Labute approximate surface area is 71.1 Å². The summed E-state index contributed by atoms with van der Waals surface area (Å²) in [7, 11) is 3.56. The first kappa shape index (κ1) is 9.44. The summed E-state index contributed by atoms with van der Waals surface area (Å²) in [6.07, 6.45) is -0.491. The number of likely N-dealkylation sites (N-methyl/N-ethyl adjacent to an activating group) is 1. The van der Waals surface area contributed by atoms with Crippen molar-refractivity contribution >= 4 is 5.97 Å². The van der Waals surface area contributed by atoms with Gasteiger partial charge in [0.15, 0.2) is 0 Å². The van der Waals surface area contributed by atoms with E-state index in [9.17, 15) is 4.79 Å². The Morgan fingerprint density at radius 3 is 2.25 bits per heavy atom. The molecular weight excluding hydrogens is 162 g/mol. The quantitative estimate of drug-likeness (QED) is 0.264. The van der Waals surface area contributed by atoms with Gasteiger partial charge in [-0.25, -0.2) is 0 Å². The van der Waals surface area contributed by atoms with Gasteiger partial charge in [0.2, 0.25) is 6.23 Å². The summed E-state index contributed by atoms with van der Waals surface area (Å²) in [6, 6.07) is 0. The van der Waals surface area contributed by atoms with Gasteiger partial charge in [0.05, 0.1) is 0 Å². The molecule has 70 valence electrons. The van der Waals surface area contributed by atoms with Crippen LogP contribution in [0.1, 0.15) is 13.8 Å². The number of esters is 1. The van der Waals surface area contributed by atoms with Crippen molar-refractivity contribution in [2.75, 3.05) is 14.1 Å². The second-order valence-corrected chi connectivity index (χ2v) is 3.11. The van der Waals surface area contributed by atoms with E-state index in [1.165, 1.54) is 6.92 Å². The van der Waals surface area contributed by atoms with Crippen LogP contribution >= 0.6 is 0 Å². The summed E-state index contributed by atoms with van der Waals surface area (Å²) in [5, 5.41) is 0. The number of carbonyl (C=O) groups excluding carboxylic acids is 1. The molecule has 0 aliphatic carbocycles. The third-order valence-corrected chi connectivity index (χ3v) is 1.54. The first-order valence-electron chi connectivity index (χ1n) is 3.66. The number of ether oxygens (including phenoxy) is 1. The minimum atomic E-state index is -0.796. The van der Waals surface area contributed by atoms with Crippen molar-refractivity contribution in [3.8, 4) is 0 Å². The largest absolute Gasteiger partial charge is 0.440 e. The molecular formula is C7H13NO4. The topological polar surface area (TPSA) is 54.6 Å². The van der Waals surface area contributed by atoms with E-state index >= 15 is 0 Å². The van der Waals surface area contributed by atoms with E-state index in [0.717, 1.165) is 0 Å². The maximum absolute atomic E-state index is 10.7. The van der Waals surface area contributed by atoms with Crippen LogP contribution in [-0.2, 0) is 19.3 Å². The van der Waals surface area contributed by atoms with Gasteiger partial charge in [-0.05, 0) is 14.1 Å². The maximum Gasteiger partial charge on any atom is 0.304 e. The molecule has 0 aromatic carbocycles. The molecule has 0 N–H and O–H groups in total. The van der Waals surface area contributed by atoms with Crippen LogP contribution in [0.2, 0.25) is 0 Å². The van der Waals surface area contributed by atoms with Crippen LogP contribution in [0.4, 0.5) is 0 Å². The highest BCUT2D eigenvalue weighted by atomic mass is 17.4. The van der Waals surface area contributed by atoms with Crippen molar-refractivity contribution in [1.29, 1.82) is 0 Å². The van der Waals surface area contributed by atoms with E-state index in [1.807, 2.05) is 0 Å². The standard InChI is InChI=1S/C7H13NO4/c1-5(9)10-6(8(3)4)7(2)11-12-7/h6H,1-4H3. The zero-order valence-corrected chi connectivity index (χ0v) is 7.66. The zero-order chi connectivity index (χ0) is 9.35. The number of hydrogen-bond donors (Lipinski definition) is 0. The van der Waals surface area contributed by atoms with E-state index in [0.29, 0.717) is 0 Å². The van der Waals surface area contributed by atoms with Crippen molar-refractivity contribution < 1.29 is 19.3 Å². The van der Waals surface area contributed by atoms with E-state index < -0.39 is 12.0 Å². The van der Waals surface area contributed by atoms with Gasteiger partial charge in [-0.15, -0.1) is 0 Å². The third-order valence-electron chi connectivity index (χ3n) is 1.54. The molecule has 0 bridgehead atoms. The molecule has 0 aromatic rings. The van der Waals surface area contributed by atoms with Crippen molar-refractivity contribution in [3.05, 3.63) is 0 Å². The number of rotatable bonds is 3. The fourth-order valence-corrected chi connectivity index (χ4v) is 0.987. The van der Waals surface area contributed by atoms with Gasteiger partial charge < -0.3 is 4.74 Å². The molecule has 1 aliphatic rings. The highest BCUT2D eigenvalue weighted by Crippen LogP contribution is 2.35. The molecule has 0 amide bonds. The average molecular weight is 175 g/mol. The normalized spacial score (nSPS) is 22.1.